The molecule has 4 nitrogen and oxygen atoms in total. The van der Waals surface area contributed by atoms with Crippen LogP contribution < -0.4 is 5.32 Å². The lowest BCUT2D eigenvalue weighted by Gasteiger charge is -2.27. The third-order valence-electron chi connectivity index (χ3n) is 4.75. The maximum Gasteiger partial charge on any atom is 0.265 e. The molecule has 1 aromatic carbocycles. The second-order valence-corrected chi connectivity index (χ2v) is 7.61. The minimum Gasteiger partial charge on any atom is -0.341 e. The minimum atomic E-state index is -0.176. The van der Waals surface area contributed by atoms with Crippen molar-refractivity contribution in [3.63, 3.8) is 0 Å². The summed E-state index contributed by atoms with van der Waals surface area (Å²) in [6, 6.07) is 10.9. The van der Waals surface area contributed by atoms with Gasteiger partial charge in [-0.3, -0.25) is 9.59 Å². The molecule has 25 heavy (non-hydrogen) atoms. The van der Waals surface area contributed by atoms with E-state index in [9.17, 15) is 9.59 Å². The molecular weight excluding hydrogens is 332 g/mol. The van der Waals surface area contributed by atoms with Crippen LogP contribution in [0.15, 0.2) is 41.8 Å². The predicted octanol–water partition coefficient (Wildman–Crippen LogP) is 4.65. The summed E-state index contributed by atoms with van der Waals surface area (Å²) in [5.74, 6) is 0.383. The molecule has 2 amide bonds. The molecule has 1 heterocycles. The molecule has 0 unspecified atom stereocenters. The van der Waals surface area contributed by atoms with E-state index < -0.39 is 0 Å². The van der Waals surface area contributed by atoms with Crippen LogP contribution in [0.5, 0.6) is 0 Å². The van der Waals surface area contributed by atoms with E-state index in [1.54, 1.807) is 23.1 Å². The maximum atomic E-state index is 12.9. The highest BCUT2D eigenvalue weighted by molar-refractivity contribution is 7.12. The standard InChI is InChI=1S/C20H24N2O2S/c1-22(14-15-8-3-2-4-9-15)20(24)16-10-5-6-11-17(16)21-19(23)18-12-7-13-25-18/h5-7,10-13,15H,2-4,8-9,14H2,1H3,(H,21,23). The zero-order chi connectivity index (χ0) is 17.6. The van der Waals surface area contributed by atoms with Crippen molar-refractivity contribution in [2.75, 3.05) is 18.9 Å². The number of benzene rings is 1. The van der Waals surface area contributed by atoms with E-state index in [1.807, 2.05) is 30.6 Å². The van der Waals surface area contributed by atoms with Gasteiger partial charge in [-0.05, 0) is 42.3 Å². The quantitative estimate of drug-likeness (QED) is 0.847. The van der Waals surface area contributed by atoms with Gasteiger partial charge in [0.15, 0.2) is 0 Å². The first kappa shape index (κ1) is 17.7. The fraction of sp³-hybridized carbons (Fsp3) is 0.400. The average molecular weight is 356 g/mol. The molecule has 0 spiro atoms. The number of nitrogens with one attached hydrogen (secondary N) is 1. The number of nitrogens with zero attached hydrogens (tertiary/aromatic N) is 1. The Labute approximate surface area is 152 Å². The van der Waals surface area contributed by atoms with E-state index in [0.29, 0.717) is 22.0 Å². The van der Waals surface area contributed by atoms with Crippen molar-refractivity contribution in [3.8, 4) is 0 Å². The molecule has 3 rings (SSSR count). The predicted molar refractivity (Wildman–Crippen MR) is 102 cm³/mol. The summed E-state index contributed by atoms with van der Waals surface area (Å²) in [6.07, 6.45) is 6.24. The van der Waals surface area contributed by atoms with Crippen LogP contribution in [0.3, 0.4) is 0 Å². The van der Waals surface area contributed by atoms with Crippen molar-refractivity contribution >= 4 is 28.8 Å². The summed E-state index contributed by atoms with van der Waals surface area (Å²) in [6.45, 7) is 0.784. The lowest BCUT2D eigenvalue weighted by molar-refractivity contribution is 0.0761. The summed E-state index contributed by atoms with van der Waals surface area (Å²) in [4.78, 5) is 27.6. The van der Waals surface area contributed by atoms with Gasteiger partial charge in [0.25, 0.3) is 11.8 Å². The zero-order valence-electron chi connectivity index (χ0n) is 14.5. The maximum absolute atomic E-state index is 12.9. The van der Waals surface area contributed by atoms with Crippen molar-refractivity contribution in [1.29, 1.82) is 0 Å². The summed E-state index contributed by atoms with van der Waals surface area (Å²) in [7, 11) is 1.86. The van der Waals surface area contributed by atoms with Crippen LogP contribution >= 0.6 is 11.3 Å². The molecule has 0 radical (unpaired) electrons. The van der Waals surface area contributed by atoms with Gasteiger partial charge in [0.05, 0.1) is 16.1 Å². The number of amides is 2. The Hall–Kier alpha value is -2.14. The number of hydrogen-bond acceptors (Lipinski definition) is 3. The molecule has 132 valence electrons. The van der Waals surface area contributed by atoms with Gasteiger partial charge >= 0.3 is 0 Å². The first-order valence-electron chi connectivity index (χ1n) is 8.84. The molecule has 5 heteroatoms. The molecule has 0 bridgehead atoms. The fourth-order valence-electron chi connectivity index (χ4n) is 3.42. The van der Waals surface area contributed by atoms with Crippen LogP contribution in [0.25, 0.3) is 0 Å². The summed E-state index contributed by atoms with van der Waals surface area (Å²) in [5.41, 5.74) is 1.12. The third-order valence-corrected chi connectivity index (χ3v) is 5.62. The highest BCUT2D eigenvalue weighted by Crippen LogP contribution is 2.25. The Bertz CT molecular complexity index is 721. The Morgan fingerprint density at radius 3 is 2.60 bits per heavy atom. The number of thiophene rings is 1. The van der Waals surface area contributed by atoms with Crippen LogP contribution in [0.4, 0.5) is 5.69 Å². The van der Waals surface area contributed by atoms with Gasteiger partial charge < -0.3 is 10.2 Å². The Balaban J connectivity index is 1.70. The molecule has 1 N–H and O–H groups in total. The average Bonchev–Trinajstić information content (AvgIpc) is 3.17. The van der Waals surface area contributed by atoms with E-state index in [4.69, 9.17) is 0 Å². The van der Waals surface area contributed by atoms with Crippen molar-refractivity contribution in [1.82, 2.24) is 4.90 Å². The minimum absolute atomic E-state index is 0.0346. The zero-order valence-corrected chi connectivity index (χ0v) is 15.3. The van der Waals surface area contributed by atoms with Crippen molar-refractivity contribution in [2.24, 2.45) is 5.92 Å². The molecule has 0 atom stereocenters. The van der Waals surface area contributed by atoms with Gasteiger partial charge in [0, 0.05) is 13.6 Å². The number of carbonyl (C=O) groups excluding carboxylic acids is 2. The van der Waals surface area contributed by atoms with Gasteiger partial charge in [-0.1, -0.05) is 37.5 Å². The second-order valence-electron chi connectivity index (χ2n) is 6.67. The largest absolute Gasteiger partial charge is 0.341 e. The molecular formula is C20H24N2O2S. The topological polar surface area (TPSA) is 49.4 Å². The smallest absolute Gasteiger partial charge is 0.265 e. The Morgan fingerprint density at radius 2 is 1.88 bits per heavy atom. The molecule has 1 aromatic heterocycles. The summed E-state index contributed by atoms with van der Waals surface area (Å²) in [5, 5.41) is 4.74. The van der Waals surface area contributed by atoms with Crippen LogP contribution in [0.1, 0.15) is 52.1 Å². The molecule has 0 saturated heterocycles. The van der Waals surface area contributed by atoms with Gasteiger partial charge in [0.1, 0.15) is 0 Å². The number of hydrogen-bond donors (Lipinski definition) is 1. The van der Waals surface area contributed by atoms with Gasteiger partial charge in [-0.25, -0.2) is 0 Å². The highest BCUT2D eigenvalue weighted by atomic mass is 32.1. The number of rotatable bonds is 5. The van der Waals surface area contributed by atoms with Gasteiger partial charge in [0.2, 0.25) is 0 Å². The molecule has 1 fully saturated rings. The number of para-hydroxylation sites is 1. The third kappa shape index (κ3) is 4.48. The molecule has 1 aliphatic carbocycles. The highest BCUT2D eigenvalue weighted by Gasteiger charge is 2.21. The van der Waals surface area contributed by atoms with E-state index in [1.165, 1.54) is 43.4 Å². The van der Waals surface area contributed by atoms with Crippen molar-refractivity contribution < 1.29 is 9.59 Å². The molecule has 1 saturated carbocycles. The van der Waals surface area contributed by atoms with Crippen LogP contribution in [0.2, 0.25) is 0 Å². The van der Waals surface area contributed by atoms with Crippen LogP contribution in [0, 0.1) is 5.92 Å². The fourth-order valence-corrected chi connectivity index (χ4v) is 4.03. The molecule has 2 aromatic rings. The van der Waals surface area contributed by atoms with Crippen LogP contribution in [-0.4, -0.2) is 30.3 Å². The van der Waals surface area contributed by atoms with E-state index >= 15 is 0 Å². The summed E-state index contributed by atoms with van der Waals surface area (Å²) < 4.78 is 0. The molecule has 0 aliphatic heterocycles. The van der Waals surface area contributed by atoms with E-state index in [-0.39, 0.29) is 11.8 Å². The number of anilines is 1. The first-order chi connectivity index (χ1) is 12.1. The van der Waals surface area contributed by atoms with Gasteiger partial charge in [-0.15, -0.1) is 11.3 Å². The Morgan fingerprint density at radius 1 is 1.12 bits per heavy atom. The second kappa shape index (κ2) is 8.30. The monoisotopic (exact) mass is 356 g/mol. The Kier molecular flexibility index (Phi) is 5.87. The normalized spacial score (nSPS) is 14.9. The van der Waals surface area contributed by atoms with Crippen LogP contribution in [-0.2, 0) is 0 Å². The van der Waals surface area contributed by atoms with E-state index in [2.05, 4.69) is 5.32 Å². The van der Waals surface area contributed by atoms with E-state index in [0.717, 1.165) is 6.54 Å². The summed E-state index contributed by atoms with van der Waals surface area (Å²) >= 11 is 1.39. The van der Waals surface area contributed by atoms with Crippen molar-refractivity contribution in [3.05, 3.63) is 52.2 Å². The lowest BCUT2D eigenvalue weighted by atomic mass is 9.89. The van der Waals surface area contributed by atoms with Crippen molar-refractivity contribution in [2.45, 2.75) is 32.1 Å². The number of carbonyl (C=O) groups is 2. The lowest BCUT2D eigenvalue weighted by Crippen LogP contribution is -2.33. The molecule has 1 aliphatic rings. The SMILES string of the molecule is CN(CC1CCCCC1)C(=O)c1ccccc1NC(=O)c1cccs1. The van der Waals surface area contributed by atoms with Gasteiger partial charge in [-0.2, -0.15) is 0 Å². The first-order valence-corrected chi connectivity index (χ1v) is 9.72.